The number of benzene rings is 2. The number of aromatic nitrogens is 2. The van der Waals surface area contributed by atoms with Crippen molar-refractivity contribution in [3.8, 4) is 11.5 Å². The summed E-state index contributed by atoms with van der Waals surface area (Å²) in [7, 11) is 0. The van der Waals surface area contributed by atoms with E-state index in [1.54, 1.807) is 36.0 Å². The van der Waals surface area contributed by atoms with Gasteiger partial charge in [-0.25, -0.2) is 4.79 Å². The van der Waals surface area contributed by atoms with Crippen LogP contribution in [-0.2, 0) is 23.5 Å². The number of amides is 1. The highest BCUT2D eigenvalue weighted by Gasteiger charge is 2.20. The zero-order valence-electron chi connectivity index (χ0n) is 17.1. The van der Waals surface area contributed by atoms with Crippen LogP contribution < -0.4 is 21.3 Å². The van der Waals surface area contributed by atoms with Gasteiger partial charge in [-0.05, 0) is 48.6 Å². The van der Waals surface area contributed by atoms with Crippen LogP contribution in [0.1, 0.15) is 21.6 Å². The lowest BCUT2D eigenvalue weighted by atomic mass is 10.1. The molecule has 0 spiro atoms. The summed E-state index contributed by atoms with van der Waals surface area (Å²) in [5.74, 6) is 1.83. The van der Waals surface area contributed by atoms with Crippen molar-refractivity contribution >= 4 is 23.5 Å². The van der Waals surface area contributed by atoms with E-state index in [1.807, 2.05) is 30.3 Å². The second kappa shape index (κ2) is 9.69. The Labute approximate surface area is 187 Å². The number of thioether (sulfide) groups is 1. The number of carbonyl (C=O) groups excluding carboxylic acids is 2. The van der Waals surface area contributed by atoms with Gasteiger partial charge in [-0.1, -0.05) is 18.2 Å². The summed E-state index contributed by atoms with van der Waals surface area (Å²) >= 11 is 1.61. The van der Waals surface area contributed by atoms with E-state index in [-0.39, 0.29) is 18.9 Å². The highest BCUT2D eigenvalue weighted by atomic mass is 32.2. The van der Waals surface area contributed by atoms with Crippen molar-refractivity contribution in [2.75, 3.05) is 12.3 Å². The number of H-pyrrole nitrogens is 1. The SMILES string of the molecule is O=C(Cn1c2c(c(=O)[nH]c1=O)CSCC2)NCC(=O)c1ccc(Oc2ccccc2)cc1. The molecule has 2 N–H and O–H groups in total. The van der Waals surface area contributed by atoms with Crippen LogP contribution >= 0.6 is 11.8 Å². The molecule has 8 nitrogen and oxygen atoms in total. The molecule has 0 unspecified atom stereocenters. The van der Waals surface area contributed by atoms with Gasteiger partial charge in [0.15, 0.2) is 5.78 Å². The third-order valence-electron chi connectivity index (χ3n) is 5.05. The lowest BCUT2D eigenvalue weighted by Crippen LogP contribution is -2.41. The summed E-state index contributed by atoms with van der Waals surface area (Å²) in [5.41, 5.74) is 0.539. The average molecular weight is 452 g/mol. The lowest BCUT2D eigenvalue weighted by Gasteiger charge is -2.19. The molecular formula is C23H21N3O5S. The summed E-state index contributed by atoms with van der Waals surface area (Å²) in [5, 5.41) is 2.56. The van der Waals surface area contributed by atoms with Crippen LogP contribution in [-0.4, -0.2) is 33.5 Å². The van der Waals surface area contributed by atoms with E-state index in [1.165, 1.54) is 4.57 Å². The highest BCUT2D eigenvalue weighted by molar-refractivity contribution is 7.98. The molecule has 2 aromatic carbocycles. The van der Waals surface area contributed by atoms with Crippen LogP contribution in [0.3, 0.4) is 0 Å². The molecule has 32 heavy (non-hydrogen) atoms. The second-order valence-corrected chi connectivity index (χ2v) is 8.32. The van der Waals surface area contributed by atoms with Crippen molar-refractivity contribution in [1.82, 2.24) is 14.9 Å². The Kier molecular flexibility index (Phi) is 6.55. The van der Waals surface area contributed by atoms with Crippen LogP contribution in [0.15, 0.2) is 64.2 Å². The third kappa shape index (κ3) is 5.00. The molecule has 2 heterocycles. The van der Waals surface area contributed by atoms with E-state index in [0.717, 1.165) is 5.75 Å². The molecule has 164 valence electrons. The van der Waals surface area contributed by atoms with Crippen LogP contribution in [0.4, 0.5) is 0 Å². The Morgan fingerprint density at radius 2 is 1.75 bits per heavy atom. The van der Waals surface area contributed by atoms with Crippen molar-refractivity contribution in [2.45, 2.75) is 18.7 Å². The molecule has 0 atom stereocenters. The lowest BCUT2D eigenvalue weighted by molar-refractivity contribution is -0.121. The highest BCUT2D eigenvalue weighted by Crippen LogP contribution is 2.22. The quantitative estimate of drug-likeness (QED) is 0.533. The molecule has 1 aromatic heterocycles. The number of hydrogen-bond acceptors (Lipinski definition) is 6. The Morgan fingerprint density at radius 1 is 1.03 bits per heavy atom. The fourth-order valence-electron chi connectivity index (χ4n) is 3.42. The number of para-hydroxylation sites is 1. The van der Waals surface area contributed by atoms with Crippen molar-refractivity contribution in [3.05, 3.63) is 92.3 Å². The summed E-state index contributed by atoms with van der Waals surface area (Å²) in [6.07, 6.45) is 0.544. The Morgan fingerprint density at radius 3 is 2.50 bits per heavy atom. The number of carbonyl (C=O) groups is 2. The summed E-state index contributed by atoms with van der Waals surface area (Å²) in [6, 6.07) is 15.9. The molecule has 0 fully saturated rings. The van der Waals surface area contributed by atoms with Crippen LogP contribution in [0, 0.1) is 0 Å². The predicted octanol–water partition coefficient (Wildman–Crippen LogP) is 2.12. The molecule has 0 saturated carbocycles. The molecule has 0 aliphatic carbocycles. The van der Waals surface area contributed by atoms with Crippen LogP contribution in [0.5, 0.6) is 11.5 Å². The first kappa shape index (κ1) is 21.6. The Balaban J connectivity index is 1.36. The van der Waals surface area contributed by atoms with E-state index >= 15 is 0 Å². The van der Waals surface area contributed by atoms with Gasteiger partial charge in [-0.15, -0.1) is 0 Å². The Hall–Kier alpha value is -3.59. The first-order chi connectivity index (χ1) is 15.5. The fraction of sp³-hybridized carbons (Fsp3) is 0.217. The van der Waals surface area contributed by atoms with Gasteiger partial charge in [0.25, 0.3) is 5.56 Å². The molecule has 1 aliphatic rings. The van der Waals surface area contributed by atoms with E-state index in [0.29, 0.717) is 40.5 Å². The largest absolute Gasteiger partial charge is 0.457 e. The number of ketones is 1. The number of nitrogens with one attached hydrogen (secondary N) is 2. The molecular weight excluding hydrogens is 430 g/mol. The Bertz CT molecular complexity index is 1250. The molecule has 0 bridgehead atoms. The van der Waals surface area contributed by atoms with Gasteiger partial charge in [0, 0.05) is 22.6 Å². The molecule has 1 aliphatic heterocycles. The molecule has 4 rings (SSSR count). The summed E-state index contributed by atoms with van der Waals surface area (Å²) in [6.45, 7) is -0.451. The van der Waals surface area contributed by atoms with Crippen molar-refractivity contribution in [3.63, 3.8) is 0 Å². The molecule has 1 amide bonds. The normalized spacial score (nSPS) is 12.6. The summed E-state index contributed by atoms with van der Waals surface area (Å²) < 4.78 is 6.99. The van der Waals surface area contributed by atoms with Crippen molar-refractivity contribution < 1.29 is 14.3 Å². The van der Waals surface area contributed by atoms with Gasteiger partial charge < -0.3 is 10.1 Å². The first-order valence-corrected chi connectivity index (χ1v) is 11.2. The number of ether oxygens (including phenoxy) is 1. The molecule has 9 heteroatoms. The van der Waals surface area contributed by atoms with E-state index in [9.17, 15) is 19.2 Å². The van der Waals surface area contributed by atoms with Crippen LogP contribution in [0.2, 0.25) is 0 Å². The second-order valence-electron chi connectivity index (χ2n) is 7.21. The van der Waals surface area contributed by atoms with E-state index in [2.05, 4.69) is 10.3 Å². The zero-order chi connectivity index (χ0) is 22.5. The zero-order valence-corrected chi connectivity index (χ0v) is 17.9. The maximum absolute atomic E-state index is 12.4. The molecule has 0 radical (unpaired) electrons. The number of hydrogen-bond donors (Lipinski definition) is 2. The fourth-order valence-corrected chi connectivity index (χ4v) is 4.40. The third-order valence-corrected chi connectivity index (χ3v) is 6.03. The van der Waals surface area contributed by atoms with Crippen molar-refractivity contribution in [2.24, 2.45) is 0 Å². The molecule has 3 aromatic rings. The maximum atomic E-state index is 12.4. The minimum absolute atomic E-state index is 0.201. The first-order valence-electron chi connectivity index (χ1n) is 10.1. The van der Waals surface area contributed by atoms with Gasteiger partial charge in [0.1, 0.15) is 18.0 Å². The van der Waals surface area contributed by atoms with Crippen LogP contribution in [0.25, 0.3) is 0 Å². The summed E-state index contributed by atoms with van der Waals surface area (Å²) in [4.78, 5) is 51.3. The minimum Gasteiger partial charge on any atom is -0.457 e. The van der Waals surface area contributed by atoms with Gasteiger partial charge in [-0.2, -0.15) is 11.8 Å². The molecule has 0 saturated heterocycles. The number of fused-ring (bicyclic) bond motifs is 1. The average Bonchev–Trinajstić information content (AvgIpc) is 2.81. The number of aromatic amines is 1. The minimum atomic E-state index is -0.615. The van der Waals surface area contributed by atoms with E-state index in [4.69, 9.17) is 4.74 Å². The monoisotopic (exact) mass is 451 g/mol. The van der Waals surface area contributed by atoms with Gasteiger partial charge in [-0.3, -0.25) is 23.9 Å². The smallest absolute Gasteiger partial charge is 0.329 e. The van der Waals surface area contributed by atoms with Crippen molar-refractivity contribution in [1.29, 1.82) is 0 Å². The predicted molar refractivity (Wildman–Crippen MR) is 121 cm³/mol. The number of Topliss-reactive ketones (excluding diaryl/α,β-unsaturated/α-hetero) is 1. The van der Waals surface area contributed by atoms with E-state index < -0.39 is 17.2 Å². The van der Waals surface area contributed by atoms with Gasteiger partial charge in [0.05, 0.1) is 6.54 Å². The maximum Gasteiger partial charge on any atom is 0.329 e. The topological polar surface area (TPSA) is 110 Å². The van der Waals surface area contributed by atoms with Gasteiger partial charge in [0.2, 0.25) is 5.91 Å². The van der Waals surface area contributed by atoms with Gasteiger partial charge >= 0.3 is 5.69 Å². The number of nitrogens with zero attached hydrogens (tertiary/aromatic N) is 1. The standard InChI is InChI=1S/C23H21N3O5S/c27-20(15-6-8-17(9-7-15)31-16-4-2-1-3-5-16)12-24-21(28)13-26-19-10-11-32-14-18(19)22(29)25-23(26)30/h1-9H,10-14H2,(H,24,28)(H,25,29,30). The number of rotatable bonds is 7.